The molecule has 0 radical (unpaired) electrons. The van der Waals surface area contributed by atoms with Crippen LogP contribution in [0.4, 0.5) is 0 Å². The quantitative estimate of drug-likeness (QED) is 0.734. The first-order valence-corrected chi connectivity index (χ1v) is 9.02. The second-order valence-electron chi connectivity index (χ2n) is 5.95. The smallest absolute Gasteiger partial charge is 0.263 e. The van der Waals surface area contributed by atoms with Crippen molar-refractivity contribution in [2.45, 2.75) is 33.4 Å². The molecule has 0 aliphatic carbocycles. The molecule has 2 heterocycles. The van der Waals surface area contributed by atoms with E-state index in [-0.39, 0.29) is 11.9 Å². The molecule has 132 valence electrons. The lowest BCUT2D eigenvalue weighted by Crippen LogP contribution is -2.29. The van der Waals surface area contributed by atoms with Gasteiger partial charge >= 0.3 is 0 Å². The van der Waals surface area contributed by atoms with Crippen LogP contribution in [0, 0.1) is 13.8 Å². The first-order valence-electron chi connectivity index (χ1n) is 8.20. The fourth-order valence-electron chi connectivity index (χ4n) is 2.91. The summed E-state index contributed by atoms with van der Waals surface area (Å²) in [6, 6.07) is 7.75. The summed E-state index contributed by atoms with van der Waals surface area (Å²) in [5.74, 6) is 0.714. The van der Waals surface area contributed by atoms with Crippen LogP contribution in [-0.2, 0) is 11.3 Å². The first kappa shape index (κ1) is 17.6. The number of imidazole rings is 1. The Morgan fingerprint density at radius 3 is 2.76 bits per heavy atom. The van der Waals surface area contributed by atoms with E-state index in [4.69, 9.17) is 9.72 Å². The molecule has 1 amide bonds. The number of thiazole rings is 1. The SMILES string of the molecule is COCCn1c([C@H](C)NC(=O)c2sc(C)nc2C)nc2ccccc21. The summed E-state index contributed by atoms with van der Waals surface area (Å²) in [6.07, 6.45) is 0. The number of nitrogens with zero attached hydrogens (tertiary/aromatic N) is 3. The van der Waals surface area contributed by atoms with Crippen LogP contribution in [0.1, 0.15) is 39.2 Å². The van der Waals surface area contributed by atoms with E-state index in [1.165, 1.54) is 11.3 Å². The van der Waals surface area contributed by atoms with Crippen molar-refractivity contribution in [2.75, 3.05) is 13.7 Å². The Morgan fingerprint density at radius 1 is 1.32 bits per heavy atom. The molecular formula is C18H22N4O2S. The van der Waals surface area contributed by atoms with Crippen LogP contribution in [0.15, 0.2) is 24.3 Å². The number of carbonyl (C=O) groups excluding carboxylic acids is 1. The molecule has 1 N–H and O–H groups in total. The lowest BCUT2D eigenvalue weighted by molar-refractivity contribution is 0.0940. The largest absolute Gasteiger partial charge is 0.383 e. The fraction of sp³-hybridized carbons (Fsp3) is 0.389. The summed E-state index contributed by atoms with van der Waals surface area (Å²) in [6.45, 7) is 6.98. The van der Waals surface area contributed by atoms with Gasteiger partial charge in [-0.1, -0.05) is 12.1 Å². The van der Waals surface area contributed by atoms with Crippen LogP contribution in [0.3, 0.4) is 0 Å². The minimum absolute atomic E-state index is 0.110. The second-order valence-corrected chi connectivity index (χ2v) is 7.15. The van der Waals surface area contributed by atoms with Crippen molar-refractivity contribution in [3.05, 3.63) is 45.7 Å². The topological polar surface area (TPSA) is 69.0 Å². The number of amides is 1. The summed E-state index contributed by atoms with van der Waals surface area (Å²) in [4.78, 5) is 22.3. The van der Waals surface area contributed by atoms with Crippen LogP contribution < -0.4 is 5.32 Å². The molecule has 0 saturated carbocycles. The van der Waals surface area contributed by atoms with Crippen molar-refractivity contribution < 1.29 is 9.53 Å². The predicted molar refractivity (Wildman–Crippen MR) is 99.1 cm³/mol. The van der Waals surface area contributed by atoms with E-state index >= 15 is 0 Å². The molecule has 0 aliphatic rings. The predicted octanol–water partition coefficient (Wildman–Crippen LogP) is 3.25. The molecule has 0 spiro atoms. The van der Waals surface area contributed by atoms with Gasteiger partial charge in [0.25, 0.3) is 5.91 Å². The molecule has 3 rings (SSSR count). The molecule has 7 heteroatoms. The minimum Gasteiger partial charge on any atom is -0.383 e. The van der Waals surface area contributed by atoms with E-state index in [1.807, 2.05) is 45.0 Å². The number of carbonyl (C=O) groups is 1. The molecule has 6 nitrogen and oxygen atoms in total. The number of hydrogen-bond donors (Lipinski definition) is 1. The Balaban J connectivity index is 1.89. The minimum atomic E-state index is -0.224. The number of hydrogen-bond acceptors (Lipinski definition) is 5. The third-order valence-electron chi connectivity index (χ3n) is 4.05. The number of benzene rings is 1. The fourth-order valence-corrected chi connectivity index (χ4v) is 3.73. The van der Waals surface area contributed by atoms with Gasteiger partial charge in [-0.15, -0.1) is 11.3 Å². The summed E-state index contributed by atoms with van der Waals surface area (Å²) >= 11 is 1.41. The van der Waals surface area contributed by atoms with Gasteiger partial charge in [-0.25, -0.2) is 9.97 Å². The Kier molecular flexibility index (Phi) is 5.15. The molecule has 3 aromatic rings. The molecular weight excluding hydrogens is 336 g/mol. The maximum absolute atomic E-state index is 12.6. The number of aryl methyl sites for hydroxylation is 2. The zero-order valence-corrected chi connectivity index (χ0v) is 15.7. The molecule has 1 atom stereocenters. The third-order valence-corrected chi connectivity index (χ3v) is 5.12. The molecule has 0 aliphatic heterocycles. The summed E-state index contributed by atoms with van der Waals surface area (Å²) in [5.41, 5.74) is 2.72. The van der Waals surface area contributed by atoms with Gasteiger partial charge in [-0.3, -0.25) is 4.79 Å². The van der Waals surface area contributed by atoms with Crippen molar-refractivity contribution >= 4 is 28.3 Å². The summed E-state index contributed by atoms with van der Waals surface area (Å²) in [5, 5.41) is 3.94. The van der Waals surface area contributed by atoms with E-state index in [2.05, 4.69) is 14.9 Å². The molecule has 0 bridgehead atoms. The maximum atomic E-state index is 12.6. The Hall–Kier alpha value is -2.25. The van der Waals surface area contributed by atoms with E-state index in [1.54, 1.807) is 7.11 Å². The lowest BCUT2D eigenvalue weighted by Gasteiger charge is -2.16. The van der Waals surface area contributed by atoms with Crippen LogP contribution >= 0.6 is 11.3 Å². The van der Waals surface area contributed by atoms with Crippen LogP contribution in [0.2, 0.25) is 0 Å². The van der Waals surface area contributed by atoms with Gasteiger partial charge in [-0.2, -0.15) is 0 Å². The van der Waals surface area contributed by atoms with Crippen LogP contribution in [0.25, 0.3) is 11.0 Å². The van der Waals surface area contributed by atoms with Crippen molar-refractivity contribution in [1.29, 1.82) is 0 Å². The number of aromatic nitrogens is 3. The van der Waals surface area contributed by atoms with Gasteiger partial charge in [-0.05, 0) is 32.9 Å². The second kappa shape index (κ2) is 7.33. The van der Waals surface area contributed by atoms with Gasteiger partial charge in [0.05, 0.1) is 34.4 Å². The number of methoxy groups -OCH3 is 1. The van der Waals surface area contributed by atoms with E-state index in [9.17, 15) is 4.79 Å². The van der Waals surface area contributed by atoms with Crippen molar-refractivity contribution in [3.8, 4) is 0 Å². The summed E-state index contributed by atoms with van der Waals surface area (Å²) < 4.78 is 7.33. The molecule has 0 saturated heterocycles. The summed E-state index contributed by atoms with van der Waals surface area (Å²) in [7, 11) is 1.68. The maximum Gasteiger partial charge on any atom is 0.263 e. The highest BCUT2D eigenvalue weighted by Crippen LogP contribution is 2.22. The molecule has 0 fully saturated rings. The number of rotatable bonds is 6. The Morgan fingerprint density at radius 2 is 2.08 bits per heavy atom. The molecule has 2 aromatic heterocycles. The highest BCUT2D eigenvalue weighted by Gasteiger charge is 2.21. The number of para-hydroxylation sites is 2. The van der Waals surface area contributed by atoms with Crippen molar-refractivity contribution in [1.82, 2.24) is 19.9 Å². The number of fused-ring (bicyclic) bond motifs is 1. The monoisotopic (exact) mass is 358 g/mol. The van der Waals surface area contributed by atoms with E-state index in [0.29, 0.717) is 18.0 Å². The van der Waals surface area contributed by atoms with Crippen LogP contribution in [-0.4, -0.2) is 34.2 Å². The Labute approximate surface area is 150 Å². The standard InChI is InChI=1S/C18H22N4O2S/c1-11-16(25-13(3)19-11)18(23)20-12(2)17-21-14-7-5-6-8-15(14)22(17)9-10-24-4/h5-8,12H,9-10H2,1-4H3,(H,20,23)/t12-/m0/s1. The zero-order valence-electron chi connectivity index (χ0n) is 14.9. The first-order chi connectivity index (χ1) is 12.0. The molecule has 1 aromatic carbocycles. The lowest BCUT2D eigenvalue weighted by atomic mass is 10.3. The van der Waals surface area contributed by atoms with Gasteiger partial charge in [0.1, 0.15) is 10.7 Å². The van der Waals surface area contributed by atoms with E-state index in [0.717, 1.165) is 27.6 Å². The van der Waals surface area contributed by atoms with Crippen molar-refractivity contribution in [3.63, 3.8) is 0 Å². The normalized spacial score (nSPS) is 12.5. The van der Waals surface area contributed by atoms with Gasteiger partial charge in [0.2, 0.25) is 0 Å². The number of ether oxygens (including phenoxy) is 1. The Bertz CT molecular complexity index is 900. The van der Waals surface area contributed by atoms with Gasteiger partial charge in [0.15, 0.2) is 0 Å². The van der Waals surface area contributed by atoms with Crippen LogP contribution in [0.5, 0.6) is 0 Å². The average molecular weight is 358 g/mol. The van der Waals surface area contributed by atoms with Gasteiger partial charge < -0.3 is 14.6 Å². The molecule has 0 unspecified atom stereocenters. The third kappa shape index (κ3) is 3.57. The highest BCUT2D eigenvalue weighted by molar-refractivity contribution is 7.13. The van der Waals surface area contributed by atoms with Crippen molar-refractivity contribution in [2.24, 2.45) is 0 Å². The van der Waals surface area contributed by atoms with E-state index < -0.39 is 0 Å². The van der Waals surface area contributed by atoms with Gasteiger partial charge in [0, 0.05) is 13.7 Å². The zero-order chi connectivity index (χ0) is 18.0. The molecule has 25 heavy (non-hydrogen) atoms. The number of nitrogens with one attached hydrogen (secondary N) is 1. The average Bonchev–Trinajstić information content (AvgIpc) is 3.12. The highest BCUT2D eigenvalue weighted by atomic mass is 32.1.